The Morgan fingerprint density at radius 2 is 2.10 bits per heavy atom. The van der Waals surface area contributed by atoms with Crippen molar-refractivity contribution in [3.05, 3.63) is 30.3 Å². The van der Waals surface area contributed by atoms with E-state index in [0.29, 0.717) is 12.5 Å². The molecule has 1 aliphatic carbocycles. The molecule has 0 aromatic heterocycles. The summed E-state index contributed by atoms with van der Waals surface area (Å²) in [6, 6.07) is 10.1. The lowest BCUT2D eigenvalue weighted by Gasteiger charge is -2.22. The lowest BCUT2D eigenvalue weighted by Crippen LogP contribution is -2.28. The highest BCUT2D eigenvalue weighted by Crippen LogP contribution is 2.30. The van der Waals surface area contributed by atoms with Crippen molar-refractivity contribution in [2.24, 2.45) is 16.9 Å². The normalized spacial score (nSPS) is 24.1. The van der Waals surface area contributed by atoms with Gasteiger partial charge >= 0.3 is 0 Å². The van der Waals surface area contributed by atoms with E-state index in [9.17, 15) is 5.11 Å². The number of nitrogens with zero attached hydrogens (tertiary/aromatic N) is 2. The molecule has 0 saturated heterocycles. The van der Waals surface area contributed by atoms with Crippen LogP contribution in [0.3, 0.4) is 0 Å². The first-order valence-electron chi connectivity index (χ1n) is 7.75. The molecule has 1 aromatic carbocycles. The van der Waals surface area contributed by atoms with Crippen molar-refractivity contribution in [1.29, 1.82) is 0 Å². The molecule has 1 N–H and O–H groups in total. The Hall–Kier alpha value is -1.35. The van der Waals surface area contributed by atoms with Crippen LogP contribution in [0.1, 0.15) is 39.5 Å². The molecule has 0 heterocycles. The third kappa shape index (κ3) is 4.07. The summed E-state index contributed by atoms with van der Waals surface area (Å²) >= 11 is 0. The molecule has 1 aromatic rings. The molecule has 0 radical (unpaired) electrons. The van der Waals surface area contributed by atoms with Gasteiger partial charge < -0.3 is 5.11 Å². The zero-order valence-corrected chi connectivity index (χ0v) is 12.6. The maximum atomic E-state index is 9.92. The Labute approximate surface area is 122 Å². The molecule has 20 heavy (non-hydrogen) atoms. The van der Waals surface area contributed by atoms with Gasteiger partial charge in [-0.1, -0.05) is 44.9 Å². The van der Waals surface area contributed by atoms with Crippen LogP contribution in [0.25, 0.3) is 0 Å². The minimum absolute atomic E-state index is 0.339. The Bertz CT molecular complexity index is 418. The number of hydrogen-bond donors (Lipinski definition) is 1. The highest BCUT2D eigenvalue weighted by Gasteiger charge is 2.22. The number of hydrazone groups is 1. The predicted octanol–water partition coefficient (Wildman–Crippen LogP) is 3.69. The van der Waals surface area contributed by atoms with E-state index in [2.05, 4.69) is 18.2 Å². The van der Waals surface area contributed by atoms with Gasteiger partial charge in [0.15, 0.2) is 0 Å². The van der Waals surface area contributed by atoms with Gasteiger partial charge in [-0.25, -0.2) is 0 Å². The van der Waals surface area contributed by atoms with Crippen molar-refractivity contribution >= 4 is 11.9 Å². The first-order chi connectivity index (χ1) is 9.70. The quantitative estimate of drug-likeness (QED) is 0.634. The number of anilines is 1. The van der Waals surface area contributed by atoms with E-state index < -0.39 is 0 Å². The van der Waals surface area contributed by atoms with E-state index in [4.69, 9.17) is 0 Å². The molecule has 1 aliphatic rings. The maximum absolute atomic E-state index is 9.92. The van der Waals surface area contributed by atoms with Gasteiger partial charge in [-0.05, 0) is 36.8 Å². The van der Waals surface area contributed by atoms with E-state index in [1.807, 2.05) is 42.3 Å². The van der Waals surface area contributed by atoms with Crippen LogP contribution < -0.4 is 5.01 Å². The molecule has 0 aliphatic heterocycles. The monoisotopic (exact) mass is 274 g/mol. The summed E-state index contributed by atoms with van der Waals surface area (Å²) in [5, 5.41) is 16.5. The van der Waals surface area contributed by atoms with Crippen LogP contribution >= 0.6 is 0 Å². The van der Waals surface area contributed by atoms with E-state index in [-0.39, 0.29) is 6.10 Å². The molecule has 2 rings (SSSR count). The smallest absolute Gasteiger partial charge is 0.0733 e. The molecule has 3 heteroatoms. The minimum atomic E-state index is -0.339. The zero-order valence-electron chi connectivity index (χ0n) is 12.6. The zero-order chi connectivity index (χ0) is 14.4. The number of rotatable bonds is 6. The molecular weight excluding hydrogens is 248 g/mol. The van der Waals surface area contributed by atoms with Crippen LogP contribution in [-0.2, 0) is 0 Å². The average Bonchev–Trinajstić information content (AvgIpc) is 2.89. The van der Waals surface area contributed by atoms with Gasteiger partial charge in [0.25, 0.3) is 0 Å². The Morgan fingerprint density at radius 3 is 2.70 bits per heavy atom. The predicted molar refractivity (Wildman–Crippen MR) is 85.1 cm³/mol. The van der Waals surface area contributed by atoms with Crippen molar-refractivity contribution in [3.63, 3.8) is 0 Å². The second kappa shape index (κ2) is 7.44. The van der Waals surface area contributed by atoms with Crippen molar-refractivity contribution in [2.45, 2.75) is 45.6 Å². The molecule has 3 atom stereocenters. The largest absolute Gasteiger partial charge is 0.391 e. The fourth-order valence-corrected chi connectivity index (χ4v) is 2.71. The van der Waals surface area contributed by atoms with Crippen LogP contribution in [0.4, 0.5) is 5.69 Å². The van der Waals surface area contributed by atoms with Crippen LogP contribution in [0, 0.1) is 11.8 Å². The van der Waals surface area contributed by atoms with Gasteiger partial charge in [0.05, 0.1) is 18.3 Å². The molecule has 110 valence electrons. The molecule has 0 spiro atoms. The molecule has 0 amide bonds. The number of para-hydroxylation sites is 1. The number of benzene rings is 1. The molecule has 3 nitrogen and oxygen atoms in total. The van der Waals surface area contributed by atoms with Gasteiger partial charge in [0.1, 0.15) is 0 Å². The maximum Gasteiger partial charge on any atom is 0.0733 e. The molecule has 0 bridgehead atoms. The number of aliphatic hydroxyl groups is 1. The van der Waals surface area contributed by atoms with Crippen LogP contribution in [0.2, 0.25) is 0 Å². The van der Waals surface area contributed by atoms with E-state index in [0.717, 1.165) is 18.0 Å². The highest BCUT2D eigenvalue weighted by atomic mass is 16.3. The standard InChI is InChI=1S/C17H26N2O/c1-3-17(20)13-19(16-10-5-4-6-11-16)18-12-15-9-7-8-14(15)2/h4-6,10-12,14-15,17,20H,3,7-9,13H2,1-2H3/b18-12+. The molecule has 3 unspecified atom stereocenters. The van der Waals surface area contributed by atoms with Crippen LogP contribution in [-0.4, -0.2) is 24.0 Å². The average molecular weight is 274 g/mol. The summed E-state index contributed by atoms with van der Waals surface area (Å²) in [7, 11) is 0. The molecule has 1 saturated carbocycles. The van der Waals surface area contributed by atoms with Gasteiger partial charge in [-0.15, -0.1) is 0 Å². The first-order valence-corrected chi connectivity index (χ1v) is 7.75. The second-order valence-corrected chi connectivity index (χ2v) is 5.82. The van der Waals surface area contributed by atoms with Crippen molar-refractivity contribution < 1.29 is 5.11 Å². The lowest BCUT2D eigenvalue weighted by atomic mass is 10.00. The van der Waals surface area contributed by atoms with Gasteiger partial charge in [0, 0.05) is 6.21 Å². The van der Waals surface area contributed by atoms with Crippen molar-refractivity contribution in [1.82, 2.24) is 0 Å². The van der Waals surface area contributed by atoms with E-state index in [1.54, 1.807) is 0 Å². The highest BCUT2D eigenvalue weighted by molar-refractivity contribution is 5.64. The molecule has 1 fully saturated rings. The third-order valence-electron chi connectivity index (χ3n) is 4.23. The second-order valence-electron chi connectivity index (χ2n) is 5.82. The molecular formula is C17H26N2O. The Kier molecular flexibility index (Phi) is 5.60. The summed E-state index contributed by atoms with van der Waals surface area (Å²) in [5.41, 5.74) is 1.04. The lowest BCUT2D eigenvalue weighted by molar-refractivity contribution is 0.176. The topological polar surface area (TPSA) is 35.8 Å². The van der Waals surface area contributed by atoms with Crippen molar-refractivity contribution in [3.8, 4) is 0 Å². The summed E-state index contributed by atoms with van der Waals surface area (Å²) in [6.45, 7) is 4.85. The number of aliphatic hydroxyl groups excluding tert-OH is 1. The van der Waals surface area contributed by atoms with Gasteiger partial charge in [0.2, 0.25) is 0 Å². The van der Waals surface area contributed by atoms with E-state index in [1.165, 1.54) is 19.3 Å². The Balaban J connectivity index is 2.08. The first kappa shape index (κ1) is 15.0. The van der Waals surface area contributed by atoms with Crippen molar-refractivity contribution in [2.75, 3.05) is 11.6 Å². The van der Waals surface area contributed by atoms with Crippen LogP contribution in [0.15, 0.2) is 35.4 Å². The SMILES string of the molecule is CCC(O)CN(/N=C/C1CCCC1C)c1ccccc1. The fraction of sp³-hybridized carbons (Fsp3) is 0.588. The summed E-state index contributed by atoms with van der Waals surface area (Å²) in [5.74, 6) is 1.31. The number of hydrogen-bond acceptors (Lipinski definition) is 3. The third-order valence-corrected chi connectivity index (χ3v) is 4.23. The summed E-state index contributed by atoms with van der Waals surface area (Å²) in [4.78, 5) is 0. The van der Waals surface area contributed by atoms with Gasteiger partial charge in [-0.2, -0.15) is 5.10 Å². The summed E-state index contributed by atoms with van der Waals surface area (Å²) in [6.07, 6.45) is 6.35. The fourth-order valence-electron chi connectivity index (χ4n) is 2.71. The Morgan fingerprint density at radius 1 is 1.35 bits per heavy atom. The van der Waals surface area contributed by atoms with Crippen LogP contribution in [0.5, 0.6) is 0 Å². The minimum Gasteiger partial charge on any atom is -0.391 e. The van der Waals surface area contributed by atoms with E-state index >= 15 is 0 Å². The summed E-state index contributed by atoms with van der Waals surface area (Å²) < 4.78 is 0. The van der Waals surface area contributed by atoms with Gasteiger partial charge in [-0.3, -0.25) is 5.01 Å².